The fourth-order valence-corrected chi connectivity index (χ4v) is 5.41. The molecule has 1 atom stereocenters. The van der Waals surface area contributed by atoms with Crippen molar-refractivity contribution in [1.82, 2.24) is 9.80 Å². The second-order valence-corrected chi connectivity index (χ2v) is 9.08. The number of rotatable bonds is 6. The Labute approximate surface area is 172 Å². The summed E-state index contributed by atoms with van der Waals surface area (Å²) < 4.78 is 5.48. The Hall–Kier alpha value is -1.69. The van der Waals surface area contributed by atoms with Crippen molar-refractivity contribution in [3.05, 3.63) is 57.3 Å². The minimum atomic E-state index is 0.157. The van der Waals surface area contributed by atoms with Crippen LogP contribution in [-0.4, -0.2) is 54.6 Å². The van der Waals surface area contributed by atoms with Gasteiger partial charge < -0.3 is 9.64 Å². The van der Waals surface area contributed by atoms with Crippen molar-refractivity contribution in [3.8, 4) is 0 Å². The van der Waals surface area contributed by atoms with E-state index in [1.165, 1.54) is 28.8 Å². The highest BCUT2D eigenvalue weighted by Crippen LogP contribution is 2.31. The maximum absolute atomic E-state index is 13.5. The lowest BCUT2D eigenvalue weighted by Crippen LogP contribution is -2.47. The Balaban J connectivity index is 1.54. The van der Waals surface area contributed by atoms with Crippen LogP contribution in [0.5, 0.6) is 0 Å². The monoisotopic (exact) mass is 398 g/mol. The van der Waals surface area contributed by atoms with Gasteiger partial charge in [-0.15, -0.1) is 11.3 Å². The van der Waals surface area contributed by atoms with Gasteiger partial charge in [0.15, 0.2) is 0 Å². The SMILES string of the molecule is CC(CN1CCOCC1)N(Cc1ccccc1)C(=O)c1cc2c(s1)CCCC2. The van der Waals surface area contributed by atoms with Crippen LogP contribution < -0.4 is 0 Å². The van der Waals surface area contributed by atoms with Crippen molar-refractivity contribution in [3.63, 3.8) is 0 Å². The first-order chi connectivity index (χ1) is 13.7. The van der Waals surface area contributed by atoms with Gasteiger partial charge in [-0.1, -0.05) is 30.3 Å². The minimum absolute atomic E-state index is 0.157. The number of nitrogens with zero attached hydrogens (tertiary/aromatic N) is 2. The highest BCUT2D eigenvalue weighted by Gasteiger charge is 2.27. The number of carbonyl (C=O) groups excluding carboxylic acids is 1. The molecule has 150 valence electrons. The van der Waals surface area contributed by atoms with E-state index in [2.05, 4.69) is 47.1 Å². The molecule has 0 radical (unpaired) electrons. The van der Waals surface area contributed by atoms with Gasteiger partial charge in [0.25, 0.3) is 5.91 Å². The second kappa shape index (κ2) is 9.21. The summed E-state index contributed by atoms with van der Waals surface area (Å²) in [5.41, 5.74) is 2.59. The summed E-state index contributed by atoms with van der Waals surface area (Å²) in [7, 11) is 0. The van der Waals surface area contributed by atoms with Gasteiger partial charge in [-0.05, 0) is 49.8 Å². The molecule has 1 aromatic carbocycles. The van der Waals surface area contributed by atoms with Crippen LogP contribution in [0.2, 0.25) is 0 Å². The first kappa shape index (κ1) is 19.6. The second-order valence-electron chi connectivity index (χ2n) is 7.95. The molecule has 1 unspecified atom stereocenters. The predicted octanol–water partition coefficient (Wildman–Crippen LogP) is 3.99. The molecule has 1 fully saturated rings. The van der Waals surface area contributed by atoms with E-state index in [4.69, 9.17) is 4.74 Å². The smallest absolute Gasteiger partial charge is 0.264 e. The molecule has 1 aliphatic carbocycles. The molecule has 0 bridgehead atoms. The lowest BCUT2D eigenvalue weighted by atomic mass is 9.99. The van der Waals surface area contributed by atoms with Crippen LogP contribution in [0.25, 0.3) is 0 Å². The number of hydrogen-bond acceptors (Lipinski definition) is 4. The third-order valence-corrected chi connectivity index (χ3v) is 7.05. The topological polar surface area (TPSA) is 32.8 Å². The number of thiophene rings is 1. The molecule has 1 amide bonds. The number of ether oxygens (including phenoxy) is 1. The quantitative estimate of drug-likeness (QED) is 0.738. The molecule has 2 heterocycles. The summed E-state index contributed by atoms with van der Waals surface area (Å²) in [5, 5.41) is 0. The average molecular weight is 399 g/mol. The van der Waals surface area contributed by atoms with Crippen molar-refractivity contribution < 1.29 is 9.53 Å². The Bertz CT molecular complexity index is 760. The van der Waals surface area contributed by atoms with E-state index in [0.29, 0.717) is 6.54 Å². The summed E-state index contributed by atoms with van der Waals surface area (Å²) in [5.74, 6) is 0.184. The van der Waals surface area contributed by atoms with Crippen LogP contribution in [0.3, 0.4) is 0 Å². The van der Waals surface area contributed by atoms with E-state index in [9.17, 15) is 4.79 Å². The van der Waals surface area contributed by atoms with Gasteiger partial charge in [-0.25, -0.2) is 0 Å². The zero-order valence-electron chi connectivity index (χ0n) is 16.7. The van der Waals surface area contributed by atoms with Crippen LogP contribution in [0, 0.1) is 0 Å². The van der Waals surface area contributed by atoms with E-state index in [0.717, 1.165) is 50.6 Å². The summed E-state index contributed by atoms with van der Waals surface area (Å²) in [6, 6.07) is 12.7. The van der Waals surface area contributed by atoms with Gasteiger partial charge in [0.2, 0.25) is 0 Å². The van der Waals surface area contributed by atoms with E-state index in [-0.39, 0.29) is 11.9 Å². The highest BCUT2D eigenvalue weighted by molar-refractivity contribution is 7.14. The maximum Gasteiger partial charge on any atom is 0.264 e. The van der Waals surface area contributed by atoms with Crippen molar-refractivity contribution in [2.24, 2.45) is 0 Å². The van der Waals surface area contributed by atoms with Crippen molar-refractivity contribution in [1.29, 1.82) is 0 Å². The Morgan fingerprint density at radius 2 is 1.93 bits per heavy atom. The van der Waals surface area contributed by atoms with Crippen molar-refractivity contribution >= 4 is 17.2 Å². The van der Waals surface area contributed by atoms with Gasteiger partial charge in [0.1, 0.15) is 0 Å². The summed E-state index contributed by atoms with van der Waals surface area (Å²) in [6.45, 7) is 7.22. The predicted molar refractivity (Wildman–Crippen MR) is 114 cm³/mol. The zero-order valence-corrected chi connectivity index (χ0v) is 17.5. The number of benzene rings is 1. The minimum Gasteiger partial charge on any atom is -0.379 e. The molecule has 4 nitrogen and oxygen atoms in total. The largest absolute Gasteiger partial charge is 0.379 e. The molecular weight excluding hydrogens is 368 g/mol. The molecule has 1 aliphatic heterocycles. The van der Waals surface area contributed by atoms with Crippen LogP contribution >= 0.6 is 11.3 Å². The number of amides is 1. The first-order valence-electron chi connectivity index (χ1n) is 10.5. The lowest BCUT2D eigenvalue weighted by molar-refractivity contribution is 0.0229. The van der Waals surface area contributed by atoms with Crippen LogP contribution in [-0.2, 0) is 24.1 Å². The molecule has 4 rings (SSSR count). The van der Waals surface area contributed by atoms with E-state index in [1.807, 2.05) is 6.07 Å². The third kappa shape index (κ3) is 4.65. The van der Waals surface area contributed by atoms with Crippen LogP contribution in [0.15, 0.2) is 36.4 Å². The number of carbonyl (C=O) groups is 1. The van der Waals surface area contributed by atoms with Gasteiger partial charge in [0, 0.05) is 37.1 Å². The number of aryl methyl sites for hydroxylation is 2. The Morgan fingerprint density at radius 1 is 1.18 bits per heavy atom. The average Bonchev–Trinajstić information content (AvgIpc) is 3.17. The fourth-order valence-electron chi connectivity index (χ4n) is 4.20. The highest BCUT2D eigenvalue weighted by atomic mass is 32.1. The molecule has 1 aromatic heterocycles. The Kier molecular flexibility index (Phi) is 6.45. The zero-order chi connectivity index (χ0) is 19.3. The van der Waals surface area contributed by atoms with E-state index >= 15 is 0 Å². The summed E-state index contributed by atoms with van der Waals surface area (Å²) in [6.07, 6.45) is 4.76. The molecule has 0 N–H and O–H groups in total. The fraction of sp³-hybridized carbons (Fsp3) is 0.522. The van der Waals surface area contributed by atoms with Crippen LogP contribution in [0.4, 0.5) is 0 Å². The van der Waals surface area contributed by atoms with E-state index in [1.54, 1.807) is 11.3 Å². The molecule has 0 saturated carbocycles. The van der Waals surface area contributed by atoms with Gasteiger partial charge in [-0.3, -0.25) is 9.69 Å². The molecule has 2 aliphatic rings. The normalized spacial score (nSPS) is 18.5. The number of hydrogen-bond donors (Lipinski definition) is 0. The molecule has 2 aromatic rings. The van der Waals surface area contributed by atoms with Gasteiger partial charge >= 0.3 is 0 Å². The van der Waals surface area contributed by atoms with Crippen LogP contribution in [0.1, 0.15) is 45.4 Å². The lowest BCUT2D eigenvalue weighted by Gasteiger charge is -2.35. The molecule has 1 saturated heterocycles. The molecule has 5 heteroatoms. The molecular formula is C23H30N2O2S. The molecule has 0 spiro atoms. The van der Waals surface area contributed by atoms with Gasteiger partial charge in [0.05, 0.1) is 18.1 Å². The summed E-state index contributed by atoms with van der Waals surface area (Å²) in [4.78, 5) is 20.4. The summed E-state index contributed by atoms with van der Waals surface area (Å²) >= 11 is 1.72. The van der Waals surface area contributed by atoms with Crippen molar-refractivity contribution in [2.45, 2.75) is 45.2 Å². The Morgan fingerprint density at radius 3 is 2.68 bits per heavy atom. The third-order valence-electron chi connectivity index (χ3n) is 5.82. The standard InChI is InChI=1S/C23H30N2O2S/c1-18(16-24-11-13-27-14-12-24)25(17-19-7-3-2-4-8-19)23(26)22-15-20-9-5-6-10-21(20)28-22/h2-4,7-8,15,18H,5-6,9-14,16-17H2,1H3. The number of morpholine rings is 1. The molecule has 28 heavy (non-hydrogen) atoms. The van der Waals surface area contributed by atoms with Crippen molar-refractivity contribution in [2.75, 3.05) is 32.8 Å². The van der Waals surface area contributed by atoms with E-state index < -0.39 is 0 Å². The van der Waals surface area contributed by atoms with Gasteiger partial charge in [-0.2, -0.15) is 0 Å². The maximum atomic E-state index is 13.5. The first-order valence-corrected chi connectivity index (χ1v) is 11.3. The number of fused-ring (bicyclic) bond motifs is 1.